The summed E-state index contributed by atoms with van der Waals surface area (Å²) < 4.78 is 40.0. The molecule has 0 bridgehead atoms. The van der Waals surface area contributed by atoms with Crippen molar-refractivity contribution in [1.29, 1.82) is 5.26 Å². The molecule has 0 saturated carbocycles. The number of halogens is 4. The second-order valence-electron chi connectivity index (χ2n) is 4.93. The van der Waals surface area contributed by atoms with Crippen LogP contribution in [0.4, 0.5) is 13.2 Å². The lowest BCUT2D eigenvalue weighted by Gasteiger charge is -2.14. The monoisotopic (exact) mass is 407 g/mol. The zero-order chi connectivity index (χ0) is 17.5. The Hall–Kier alpha value is -3.14. The standard InChI is InChI=1S/C14H8F3N5O2.ClH.2H2O/c15-14(16,17)6-22-11-4-10(21-2-1-19-7-21)8(5-18)3-9(11)20-12(23)13(22)24;;;/h1-4,7H,6H2,(H,20,23);1H;2*1H2. The van der Waals surface area contributed by atoms with Crippen LogP contribution in [-0.2, 0) is 6.54 Å². The summed E-state index contributed by atoms with van der Waals surface area (Å²) >= 11 is 0. The lowest BCUT2D eigenvalue weighted by atomic mass is 10.1. The maximum atomic E-state index is 12.8. The molecule has 2 heterocycles. The van der Waals surface area contributed by atoms with Crippen LogP contribution >= 0.6 is 12.4 Å². The van der Waals surface area contributed by atoms with Gasteiger partial charge in [0.05, 0.1) is 28.6 Å². The van der Waals surface area contributed by atoms with E-state index in [1.165, 1.54) is 35.4 Å². The largest absolute Gasteiger partial charge is 0.412 e. The van der Waals surface area contributed by atoms with Crippen molar-refractivity contribution in [3.8, 4) is 11.8 Å². The van der Waals surface area contributed by atoms with E-state index in [9.17, 15) is 28.0 Å². The highest BCUT2D eigenvalue weighted by atomic mass is 35.5. The van der Waals surface area contributed by atoms with Crippen molar-refractivity contribution in [2.75, 3.05) is 0 Å². The van der Waals surface area contributed by atoms with Gasteiger partial charge in [-0.1, -0.05) is 0 Å². The molecule has 0 aliphatic carbocycles. The third kappa shape index (κ3) is 4.53. The molecule has 2 aromatic heterocycles. The predicted molar refractivity (Wildman–Crippen MR) is 91.2 cm³/mol. The molecule has 0 radical (unpaired) electrons. The molecule has 0 amide bonds. The molecule has 27 heavy (non-hydrogen) atoms. The van der Waals surface area contributed by atoms with Crippen LogP contribution in [0.15, 0.2) is 40.4 Å². The molecule has 9 nitrogen and oxygen atoms in total. The van der Waals surface area contributed by atoms with E-state index in [1.54, 1.807) is 0 Å². The Bertz CT molecular complexity index is 1080. The summed E-state index contributed by atoms with van der Waals surface area (Å²) in [4.78, 5) is 29.5. The molecule has 146 valence electrons. The number of H-pyrrole nitrogens is 1. The van der Waals surface area contributed by atoms with Crippen molar-refractivity contribution in [3.05, 3.63) is 57.1 Å². The second kappa shape index (κ2) is 8.49. The summed E-state index contributed by atoms with van der Waals surface area (Å²) in [6.45, 7) is -1.61. The summed E-state index contributed by atoms with van der Waals surface area (Å²) in [5.41, 5.74) is -2.34. The molecule has 0 aliphatic heterocycles. The van der Waals surface area contributed by atoms with Gasteiger partial charge < -0.3 is 20.5 Å². The van der Waals surface area contributed by atoms with Crippen molar-refractivity contribution >= 4 is 23.4 Å². The Kier molecular flexibility index (Phi) is 7.51. The molecule has 0 saturated heterocycles. The molecule has 3 rings (SSSR count). The van der Waals surface area contributed by atoms with Gasteiger partial charge in [-0.2, -0.15) is 18.4 Å². The topological polar surface area (TPSA) is 159 Å². The second-order valence-corrected chi connectivity index (χ2v) is 4.93. The predicted octanol–water partition coefficient (Wildman–Crippen LogP) is 0.0819. The van der Waals surface area contributed by atoms with Gasteiger partial charge in [-0.15, -0.1) is 12.4 Å². The van der Waals surface area contributed by atoms with Crippen molar-refractivity contribution in [2.24, 2.45) is 0 Å². The summed E-state index contributed by atoms with van der Waals surface area (Å²) in [6, 6.07) is 4.35. The van der Waals surface area contributed by atoms with Crippen LogP contribution in [0.3, 0.4) is 0 Å². The number of nitrogens with zero attached hydrogens (tertiary/aromatic N) is 4. The number of nitriles is 1. The Balaban J connectivity index is 0.00000225. The summed E-state index contributed by atoms with van der Waals surface area (Å²) in [5.74, 6) is 0. The van der Waals surface area contributed by atoms with Crippen LogP contribution in [0.25, 0.3) is 16.7 Å². The van der Waals surface area contributed by atoms with E-state index < -0.39 is 23.8 Å². The van der Waals surface area contributed by atoms with Gasteiger partial charge in [0.1, 0.15) is 12.6 Å². The van der Waals surface area contributed by atoms with Gasteiger partial charge in [-0.3, -0.25) is 14.2 Å². The molecule has 0 atom stereocenters. The first kappa shape index (κ1) is 23.9. The molecule has 0 aliphatic rings. The molecule has 0 spiro atoms. The van der Waals surface area contributed by atoms with Crippen LogP contribution < -0.4 is 11.1 Å². The third-order valence-electron chi connectivity index (χ3n) is 3.33. The smallest absolute Gasteiger partial charge is 0.406 e. The zero-order valence-electron chi connectivity index (χ0n) is 13.2. The minimum Gasteiger partial charge on any atom is -0.412 e. The van der Waals surface area contributed by atoms with Gasteiger partial charge in [-0.05, 0) is 12.1 Å². The molecule has 0 fully saturated rings. The lowest BCUT2D eigenvalue weighted by Crippen LogP contribution is -2.39. The molecular weight excluding hydrogens is 395 g/mol. The fourth-order valence-electron chi connectivity index (χ4n) is 2.35. The number of alkyl halides is 3. The summed E-state index contributed by atoms with van der Waals surface area (Å²) in [5, 5.41) is 9.23. The number of hydrogen-bond donors (Lipinski definition) is 1. The SMILES string of the molecule is Cl.N#Cc1cc2[nH]c(=O)c(=O)n(CC(F)(F)F)c2cc1-n1ccnc1.O.O. The molecule has 13 heteroatoms. The number of rotatable bonds is 2. The maximum absolute atomic E-state index is 12.8. The normalized spacial score (nSPS) is 10.3. The minimum absolute atomic E-state index is 0. The highest BCUT2D eigenvalue weighted by molar-refractivity contribution is 5.85. The first-order valence-electron chi connectivity index (χ1n) is 6.56. The van der Waals surface area contributed by atoms with Crippen molar-refractivity contribution in [1.82, 2.24) is 19.1 Å². The van der Waals surface area contributed by atoms with Crippen molar-refractivity contribution in [3.63, 3.8) is 0 Å². The van der Waals surface area contributed by atoms with E-state index in [2.05, 4.69) is 9.97 Å². The fraction of sp³-hybridized carbons (Fsp3) is 0.143. The lowest BCUT2D eigenvalue weighted by molar-refractivity contribution is -0.140. The van der Waals surface area contributed by atoms with Crippen LogP contribution in [0.1, 0.15) is 5.56 Å². The number of fused-ring (bicyclic) bond motifs is 1. The summed E-state index contributed by atoms with van der Waals surface area (Å²) in [7, 11) is 0. The Morgan fingerprint density at radius 2 is 1.89 bits per heavy atom. The van der Waals surface area contributed by atoms with Crippen LogP contribution in [0, 0.1) is 11.3 Å². The number of aromatic nitrogens is 4. The van der Waals surface area contributed by atoms with Crippen LogP contribution in [0.5, 0.6) is 0 Å². The number of hydrogen-bond acceptors (Lipinski definition) is 4. The van der Waals surface area contributed by atoms with Gasteiger partial charge in [0.25, 0.3) is 0 Å². The minimum atomic E-state index is -4.69. The van der Waals surface area contributed by atoms with E-state index >= 15 is 0 Å². The van der Waals surface area contributed by atoms with E-state index in [-0.39, 0.29) is 45.6 Å². The maximum Gasteiger partial charge on any atom is 0.406 e. The fourth-order valence-corrected chi connectivity index (χ4v) is 2.35. The number of imidazole rings is 1. The average molecular weight is 408 g/mol. The Labute approximate surface area is 154 Å². The molecule has 1 aromatic carbocycles. The highest BCUT2D eigenvalue weighted by Crippen LogP contribution is 2.23. The molecule has 0 unspecified atom stereocenters. The Morgan fingerprint density at radius 1 is 1.22 bits per heavy atom. The van der Waals surface area contributed by atoms with Crippen molar-refractivity contribution in [2.45, 2.75) is 12.7 Å². The van der Waals surface area contributed by atoms with Gasteiger partial charge >= 0.3 is 17.3 Å². The molecule has 3 aromatic rings. The van der Waals surface area contributed by atoms with E-state index in [1.807, 2.05) is 6.07 Å². The van der Waals surface area contributed by atoms with Gasteiger partial charge in [0.15, 0.2) is 0 Å². The van der Waals surface area contributed by atoms with Gasteiger partial charge in [-0.25, -0.2) is 4.98 Å². The first-order valence-corrected chi connectivity index (χ1v) is 6.56. The number of aromatic amines is 1. The first-order chi connectivity index (χ1) is 11.3. The molecular formula is C14H13ClF3N5O4. The average Bonchev–Trinajstić information content (AvgIpc) is 3.04. The van der Waals surface area contributed by atoms with E-state index in [0.717, 1.165) is 0 Å². The number of nitrogens with one attached hydrogen (secondary N) is 1. The summed E-state index contributed by atoms with van der Waals surface area (Å²) in [6.07, 6.45) is -0.394. The van der Waals surface area contributed by atoms with Crippen LogP contribution in [0.2, 0.25) is 0 Å². The highest BCUT2D eigenvalue weighted by Gasteiger charge is 2.30. The van der Waals surface area contributed by atoms with E-state index in [4.69, 9.17) is 0 Å². The van der Waals surface area contributed by atoms with Crippen molar-refractivity contribution < 1.29 is 24.1 Å². The Morgan fingerprint density at radius 3 is 2.41 bits per heavy atom. The zero-order valence-corrected chi connectivity index (χ0v) is 14.1. The van der Waals surface area contributed by atoms with E-state index in [0.29, 0.717) is 4.57 Å². The van der Waals surface area contributed by atoms with Crippen LogP contribution in [-0.4, -0.2) is 36.2 Å². The number of benzene rings is 1. The third-order valence-corrected chi connectivity index (χ3v) is 3.33. The molecule has 5 N–H and O–H groups in total. The quantitative estimate of drug-likeness (QED) is 0.596. The van der Waals surface area contributed by atoms with Gasteiger partial charge in [0, 0.05) is 12.4 Å². The van der Waals surface area contributed by atoms with Gasteiger partial charge in [0.2, 0.25) is 0 Å².